The number of nitrogens with one attached hydrogen (secondary N) is 1. The van der Waals surface area contributed by atoms with Gasteiger partial charge in [0.05, 0.1) is 19.3 Å². The first-order valence-corrected chi connectivity index (χ1v) is 8.01. The highest BCUT2D eigenvalue weighted by atomic mass is 19.1. The second kappa shape index (κ2) is 8.14. The fourth-order valence-corrected chi connectivity index (χ4v) is 2.57. The van der Waals surface area contributed by atoms with Crippen molar-refractivity contribution in [1.29, 1.82) is 0 Å². The maximum atomic E-state index is 13.6. The number of halogens is 1. The molecule has 3 rings (SSSR count). The predicted molar refractivity (Wildman–Crippen MR) is 88.1 cm³/mol. The SMILES string of the molecule is OC(CNCc1cnc(N2CCOCC2)nc1)c1ccccc1F. The second-order valence-corrected chi connectivity index (χ2v) is 5.66. The predicted octanol–water partition coefficient (Wildman–Crippen LogP) is 1.28. The summed E-state index contributed by atoms with van der Waals surface area (Å²) in [5.41, 5.74) is 1.21. The van der Waals surface area contributed by atoms with E-state index in [1.165, 1.54) is 6.07 Å². The van der Waals surface area contributed by atoms with Gasteiger partial charge < -0.3 is 20.1 Å². The van der Waals surface area contributed by atoms with Gasteiger partial charge in [-0.05, 0) is 6.07 Å². The number of aromatic nitrogens is 2. The summed E-state index contributed by atoms with van der Waals surface area (Å²) < 4.78 is 18.9. The largest absolute Gasteiger partial charge is 0.387 e. The molecule has 0 saturated carbocycles. The molecule has 1 aromatic heterocycles. The molecule has 1 fully saturated rings. The van der Waals surface area contributed by atoms with Gasteiger partial charge in [0.15, 0.2) is 0 Å². The second-order valence-electron chi connectivity index (χ2n) is 5.66. The lowest BCUT2D eigenvalue weighted by atomic mass is 10.1. The van der Waals surface area contributed by atoms with Gasteiger partial charge >= 0.3 is 0 Å². The monoisotopic (exact) mass is 332 g/mol. The van der Waals surface area contributed by atoms with Crippen LogP contribution in [0.2, 0.25) is 0 Å². The zero-order valence-corrected chi connectivity index (χ0v) is 13.4. The summed E-state index contributed by atoms with van der Waals surface area (Å²) >= 11 is 0. The third-order valence-corrected chi connectivity index (χ3v) is 3.92. The molecule has 2 aromatic rings. The third kappa shape index (κ3) is 4.25. The van der Waals surface area contributed by atoms with Crippen molar-refractivity contribution in [2.24, 2.45) is 0 Å². The van der Waals surface area contributed by atoms with Crippen LogP contribution in [0.15, 0.2) is 36.7 Å². The van der Waals surface area contributed by atoms with E-state index in [4.69, 9.17) is 4.74 Å². The van der Waals surface area contributed by atoms with Crippen molar-refractivity contribution < 1.29 is 14.2 Å². The van der Waals surface area contributed by atoms with Crippen molar-refractivity contribution in [2.45, 2.75) is 12.6 Å². The molecule has 2 heterocycles. The number of hydrogen-bond donors (Lipinski definition) is 2. The van der Waals surface area contributed by atoms with Crippen molar-refractivity contribution in [2.75, 3.05) is 37.7 Å². The van der Waals surface area contributed by atoms with Crippen molar-refractivity contribution in [3.63, 3.8) is 0 Å². The molecule has 2 N–H and O–H groups in total. The Morgan fingerprint density at radius 3 is 2.62 bits per heavy atom. The van der Waals surface area contributed by atoms with E-state index < -0.39 is 11.9 Å². The van der Waals surface area contributed by atoms with Crippen molar-refractivity contribution in [3.8, 4) is 0 Å². The molecule has 1 unspecified atom stereocenters. The normalized spacial score (nSPS) is 16.2. The van der Waals surface area contributed by atoms with Crippen LogP contribution < -0.4 is 10.2 Å². The zero-order chi connectivity index (χ0) is 16.8. The van der Waals surface area contributed by atoms with E-state index in [-0.39, 0.29) is 6.54 Å². The van der Waals surface area contributed by atoms with Gasteiger partial charge in [0, 0.05) is 49.7 Å². The number of nitrogens with zero attached hydrogens (tertiary/aromatic N) is 3. The average molecular weight is 332 g/mol. The molecule has 1 aliphatic heterocycles. The molecule has 1 aliphatic rings. The van der Waals surface area contributed by atoms with Gasteiger partial charge in [-0.1, -0.05) is 18.2 Å². The summed E-state index contributed by atoms with van der Waals surface area (Å²) in [6, 6.07) is 6.24. The number of ether oxygens (including phenoxy) is 1. The lowest BCUT2D eigenvalue weighted by Crippen LogP contribution is -2.37. The molecule has 128 valence electrons. The lowest BCUT2D eigenvalue weighted by molar-refractivity contribution is 0.122. The molecule has 24 heavy (non-hydrogen) atoms. The van der Waals surface area contributed by atoms with Crippen LogP contribution in [0.3, 0.4) is 0 Å². The number of aliphatic hydroxyl groups excluding tert-OH is 1. The molecule has 0 bridgehead atoms. The summed E-state index contributed by atoms with van der Waals surface area (Å²) in [4.78, 5) is 10.8. The van der Waals surface area contributed by atoms with Gasteiger partial charge in [0.25, 0.3) is 0 Å². The number of hydrogen-bond acceptors (Lipinski definition) is 6. The topological polar surface area (TPSA) is 70.5 Å². The Bertz CT molecular complexity index is 647. The van der Waals surface area contributed by atoms with Crippen molar-refractivity contribution in [3.05, 3.63) is 53.6 Å². The maximum absolute atomic E-state index is 13.6. The molecule has 0 radical (unpaired) electrons. The van der Waals surface area contributed by atoms with E-state index in [0.29, 0.717) is 31.3 Å². The highest BCUT2D eigenvalue weighted by Crippen LogP contribution is 2.16. The number of morpholine rings is 1. The Balaban J connectivity index is 1.49. The molecule has 0 aliphatic carbocycles. The quantitative estimate of drug-likeness (QED) is 0.830. The van der Waals surface area contributed by atoms with Crippen LogP contribution in [0.1, 0.15) is 17.2 Å². The Hall–Kier alpha value is -2.09. The summed E-state index contributed by atoms with van der Waals surface area (Å²) in [5, 5.41) is 13.1. The Labute approximate surface area is 140 Å². The average Bonchev–Trinajstić information content (AvgIpc) is 2.63. The molecular weight excluding hydrogens is 311 g/mol. The molecule has 7 heteroatoms. The first-order chi connectivity index (χ1) is 11.7. The minimum atomic E-state index is -0.889. The van der Waals surface area contributed by atoms with E-state index in [2.05, 4.69) is 20.2 Å². The van der Waals surface area contributed by atoms with E-state index in [1.807, 2.05) is 0 Å². The van der Waals surface area contributed by atoms with Crippen LogP contribution in [0.5, 0.6) is 0 Å². The van der Waals surface area contributed by atoms with E-state index >= 15 is 0 Å². The van der Waals surface area contributed by atoms with Crippen LogP contribution in [-0.4, -0.2) is 47.9 Å². The van der Waals surface area contributed by atoms with Crippen molar-refractivity contribution in [1.82, 2.24) is 15.3 Å². The van der Waals surface area contributed by atoms with E-state index in [9.17, 15) is 9.50 Å². The summed E-state index contributed by atoms with van der Waals surface area (Å²) in [6.45, 7) is 3.75. The Morgan fingerprint density at radius 2 is 1.92 bits per heavy atom. The molecule has 0 amide bonds. The lowest BCUT2D eigenvalue weighted by Gasteiger charge is -2.26. The Morgan fingerprint density at radius 1 is 1.21 bits per heavy atom. The molecule has 1 aromatic carbocycles. The summed E-state index contributed by atoms with van der Waals surface area (Å²) in [5.74, 6) is 0.304. The molecular formula is C17H21FN4O2. The Kier molecular flexibility index (Phi) is 5.68. The fourth-order valence-electron chi connectivity index (χ4n) is 2.57. The van der Waals surface area contributed by atoms with Crippen LogP contribution in [0.25, 0.3) is 0 Å². The standard InChI is InChI=1S/C17H21FN4O2/c18-15-4-2-1-3-14(15)16(23)12-19-9-13-10-20-17(21-11-13)22-5-7-24-8-6-22/h1-4,10-11,16,19,23H,5-9,12H2. The number of aliphatic hydroxyl groups is 1. The van der Waals surface area contributed by atoms with Crippen molar-refractivity contribution >= 4 is 5.95 Å². The van der Waals surface area contributed by atoms with Gasteiger partial charge in [0.1, 0.15) is 5.82 Å². The third-order valence-electron chi connectivity index (χ3n) is 3.92. The molecule has 1 saturated heterocycles. The van der Waals surface area contributed by atoms with Gasteiger partial charge in [-0.2, -0.15) is 0 Å². The molecule has 0 spiro atoms. The molecule has 6 nitrogen and oxygen atoms in total. The number of benzene rings is 1. The minimum Gasteiger partial charge on any atom is -0.387 e. The van der Waals surface area contributed by atoms with Gasteiger partial charge in [-0.15, -0.1) is 0 Å². The maximum Gasteiger partial charge on any atom is 0.225 e. The van der Waals surface area contributed by atoms with Gasteiger partial charge in [-0.3, -0.25) is 0 Å². The van der Waals surface area contributed by atoms with Crippen LogP contribution in [-0.2, 0) is 11.3 Å². The van der Waals surface area contributed by atoms with Crippen LogP contribution >= 0.6 is 0 Å². The van der Waals surface area contributed by atoms with Gasteiger partial charge in [-0.25, -0.2) is 14.4 Å². The number of anilines is 1. The van der Waals surface area contributed by atoms with E-state index in [0.717, 1.165) is 18.7 Å². The highest BCUT2D eigenvalue weighted by Gasteiger charge is 2.14. The van der Waals surface area contributed by atoms with E-state index in [1.54, 1.807) is 30.6 Å². The smallest absolute Gasteiger partial charge is 0.225 e. The molecule has 1 atom stereocenters. The first-order valence-electron chi connectivity index (χ1n) is 8.01. The van der Waals surface area contributed by atoms with Crippen LogP contribution in [0.4, 0.5) is 10.3 Å². The number of rotatable bonds is 6. The minimum absolute atomic E-state index is 0.256. The zero-order valence-electron chi connectivity index (χ0n) is 13.4. The summed E-state index contributed by atoms with van der Waals surface area (Å²) in [6.07, 6.45) is 2.64. The fraction of sp³-hybridized carbons (Fsp3) is 0.412. The van der Waals surface area contributed by atoms with Crippen LogP contribution in [0, 0.1) is 5.82 Å². The summed E-state index contributed by atoms with van der Waals surface area (Å²) in [7, 11) is 0. The first kappa shape index (κ1) is 16.8. The van der Waals surface area contributed by atoms with Gasteiger partial charge in [0.2, 0.25) is 5.95 Å². The highest BCUT2D eigenvalue weighted by molar-refractivity contribution is 5.30.